The molecule has 2 aliphatic rings. The van der Waals surface area contributed by atoms with Crippen LogP contribution in [0.2, 0.25) is 0 Å². The number of carbonyl (C=O) groups excluding carboxylic acids is 1. The minimum absolute atomic E-state index is 0.0460. The smallest absolute Gasteiger partial charge is 0.317 e. The van der Waals surface area contributed by atoms with Crippen LogP contribution in [0.4, 0.5) is 9.18 Å². The van der Waals surface area contributed by atoms with E-state index in [4.69, 9.17) is 4.74 Å². The van der Waals surface area contributed by atoms with Crippen molar-refractivity contribution in [1.82, 2.24) is 15.1 Å². The highest BCUT2D eigenvalue weighted by molar-refractivity contribution is 5.74. The Kier molecular flexibility index (Phi) is 5.36. The fourth-order valence-corrected chi connectivity index (χ4v) is 3.38. The van der Waals surface area contributed by atoms with E-state index >= 15 is 0 Å². The molecule has 132 valence electrons. The van der Waals surface area contributed by atoms with Gasteiger partial charge in [-0.25, -0.2) is 9.18 Å². The predicted molar refractivity (Wildman–Crippen MR) is 90.3 cm³/mol. The van der Waals surface area contributed by atoms with Gasteiger partial charge in [-0.2, -0.15) is 0 Å². The molecule has 5 nitrogen and oxygen atoms in total. The van der Waals surface area contributed by atoms with Crippen molar-refractivity contribution in [3.63, 3.8) is 0 Å². The molecule has 6 heteroatoms. The topological polar surface area (TPSA) is 44.8 Å². The van der Waals surface area contributed by atoms with Gasteiger partial charge in [-0.05, 0) is 38.0 Å². The lowest BCUT2D eigenvalue weighted by molar-refractivity contribution is -0.0158. The third-order valence-electron chi connectivity index (χ3n) is 4.85. The fraction of sp³-hybridized carbons (Fsp3) is 0.611. The number of hydrogen-bond donors (Lipinski definition) is 1. The summed E-state index contributed by atoms with van der Waals surface area (Å²) in [6.45, 7) is 7.77. The Balaban J connectivity index is 1.56. The van der Waals surface area contributed by atoms with Gasteiger partial charge in [-0.3, -0.25) is 4.90 Å². The van der Waals surface area contributed by atoms with Crippen LogP contribution < -0.4 is 5.32 Å². The van der Waals surface area contributed by atoms with Crippen LogP contribution in [0.5, 0.6) is 0 Å². The van der Waals surface area contributed by atoms with E-state index < -0.39 is 0 Å². The molecule has 0 aliphatic carbocycles. The van der Waals surface area contributed by atoms with Crippen molar-refractivity contribution in [2.75, 3.05) is 32.8 Å². The van der Waals surface area contributed by atoms with E-state index in [2.05, 4.69) is 24.1 Å². The number of nitrogens with zero attached hydrogens (tertiary/aromatic N) is 2. The van der Waals surface area contributed by atoms with E-state index in [0.29, 0.717) is 25.7 Å². The Morgan fingerprint density at radius 1 is 1.33 bits per heavy atom. The van der Waals surface area contributed by atoms with Crippen LogP contribution in [-0.4, -0.2) is 60.7 Å². The van der Waals surface area contributed by atoms with Crippen LogP contribution in [0.3, 0.4) is 0 Å². The van der Waals surface area contributed by atoms with Gasteiger partial charge in [0.2, 0.25) is 0 Å². The first-order valence-electron chi connectivity index (χ1n) is 8.69. The molecule has 2 atom stereocenters. The molecule has 2 heterocycles. The predicted octanol–water partition coefficient (Wildman–Crippen LogP) is 2.39. The Morgan fingerprint density at radius 2 is 2.17 bits per heavy atom. The minimum Gasteiger partial charge on any atom is -0.370 e. The van der Waals surface area contributed by atoms with Crippen LogP contribution in [0, 0.1) is 5.82 Å². The number of nitrogens with one attached hydrogen (secondary N) is 1. The van der Waals surface area contributed by atoms with Gasteiger partial charge in [0.05, 0.1) is 13.2 Å². The lowest BCUT2D eigenvalue weighted by Gasteiger charge is -2.34. The van der Waals surface area contributed by atoms with Crippen molar-refractivity contribution in [2.45, 2.75) is 38.5 Å². The maximum Gasteiger partial charge on any atom is 0.317 e. The SMILES string of the molecule is CC(C)N1CC[C@H](NC(=O)N2CCO[C@@H](c3cccc(F)c3)C2)C1. The molecule has 24 heavy (non-hydrogen) atoms. The lowest BCUT2D eigenvalue weighted by atomic mass is 10.1. The molecule has 0 unspecified atom stereocenters. The van der Waals surface area contributed by atoms with Gasteiger partial charge in [-0.15, -0.1) is 0 Å². The molecule has 1 N–H and O–H groups in total. The van der Waals surface area contributed by atoms with Crippen molar-refractivity contribution in [3.8, 4) is 0 Å². The Hall–Kier alpha value is -1.66. The number of benzene rings is 1. The van der Waals surface area contributed by atoms with Crippen LogP contribution in [0.1, 0.15) is 31.9 Å². The lowest BCUT2D eigenvalue weighted by Crippen LogP contribution is -2.50. The van der Waals surface area contributed by atoms with Gasteiger partial charge < -0.3 is 15.0 Å². The zero-order valence-corrected chi connectivity index (χ0v) is 14.4. The van der Waals surface area contributed by atoms with Gasteiger partial charge in [0.25, 0.3) is 0 Å². The minimum atomic E-state index is -0.280. The fourth-order valence-electron chi connectivity index (χ4n) is 3.38. The highest BCUT2D eigenvalue weighted by Gasteiger charge is 2.30. The highest BCUT2D eigenvalue weighted by atomic mass is 19.1. The van der Waals surface area contributed by atoms with Crippen molar-refractivity contribution >= 4 is 6.03 Å². The quantitative estimate of drug-likeness (QED) is 0.922. The van der Waals surface area contributed by atoms with Gasteiger partial charge in [0.15, 0.2) is 0 Å². The van der Waals surface area contributed by atoms with Gasteiger partial charge in [-0.1, -0.05) is 12.1 Å². The number of morpholine rings is 1. The molecule has 1 aromatic carbocycles. The molecule has 2 saturated heterocycles. The maximum atomic E-state index is 13.4. The van der Waals surface area contributed by atoms with Crippen LogP contribution in [-0.2, 0) is 4.74 Å². The molecule has 2 amide bonds. The van der Waals surface area contributed by atoms with Crippen molar-refractivity contribution in [2.24, 2.45) is 0 Å². The van der Waals surface area contributed by atoms with Crippen LogP contribution in [0.15, 0.2) is 24.3 Å². The van der Waals surface area contributed by atoms with Crippen LogP contribution in [0.25, 0.3) is 0 Å². The molecule has 0 spiro atoms. The normalized spacial score (nSPS) is 25.2. The first kappa shape index (κ1) is 17.2. The second-order valence-electron chi connectivity index (χ2n) is 6.88. The second-order valence-corrected chi connectivity index (χ2v) is 6.88. The summed E-state index contributed by atoms with van der Waals surface area (Å²) in [5.41, 5.74) is 0.777. The van der Waals surface area contributed by atoms with E-state index in [1.807, 2.05) is 6.07 Å². The Labute approximate surface area is 142 Å². The number of ether oxygens (including phenoxy) is 1. The second kappa shape index (κ2) is 7.49. The summed E-state index contributed by atoms with van der Waals surface area (Å²) in [5.74, 6) is -0.280. The van der Waals surface area contributed by atoms with E-state index in [-0.39, 0.29) is 24.0 Å². The maximum absolute atomic E-state index is 13.4. The number of halogens is 1. The summed E-state index contributed by atoms with van der Waals surface area (Å²) in [7, 11) is 0. The summed E-state index contributed by atoms with van der Waals surface area (Å²) >= 11 is 0. The molecule has 3 rings (SSSR count). The average Bonchev–Trinajstić information content (AvgIpc) is 3.04. The Bertz CT molecular complexity index is 581. The number of hydrogen-bond acceptors (Lipinski definition) is 3. The number of carbonyl (C=O) groups is 1. The van der Waals surface area contributed by atoms with Gasteiger partial charge in [0, 0.05) is 31.7 Å². The third-order valence-corrected chi connectivity index (χ3v) is 4.85. The number of likely N-dealkylation sites (tertiary alicyclic amines) is 1. The third kappa shape index (κ3) is 4.05. The van der Waals surface area contributed by atoms with Crippen molar-refractivity contribution in [3.05, 3.63) is 35.6 Å². The first-order chi connectivity index (χ1) is 11.5. The molecule has 0 bridgehead atoms. The molecular formula is C18H26FN3O2. The summed E-state index contributed by atoms with van der Waals surface area (Å²) in [6.07, 6.45) is 0.720. The van der Waals surface area contributed by atoms with Gasteiger partial charge >= 0.3 is 6.03 Å². The van der Waals surface area contributed by atoms with E-state index in [0.717, 1.165) is 25.1 Å². The summed E-state index contributed by atoms with van der Waals surface area (Å²) < 4.78 is 19.1. The molecule has 0 saturated carbocycles. The van der Waals surface area contributed by atoms with E-state index in [1.54, 1.807) is 11.0 Å². The standard InChI is InChI=1S/C18H26FN3O2/c1-13(2)21-7-6-16(11-21)20-18(23)22-8-9-24-17(12-22)14-4-3-5-15(19)10-14/h3-5,10,13,16-17H,6-9,11-12H2,1-2H3,(H,20,23)/t16-,17+/m0/s1. The molecule has 2 fully saturated rings. The molecule has 0 radical (unpaired) electrons. The summed E-state index contributed by atoms with van der Waals surface area (Å²) in [5, 5.41) is 3.13. The zero-order chi connectivity index (χ0) is 17.1. The monoisotopic (exact) mass is 335 g/mol. The highest BCUT2D eigenvalue weighted by Crippen LogP contribution is 2.23. The van der Waals surface area contributed by atoms with Crippen molar-refractivity contribution in [1.29, 1.82) is 0 Å². The number of rotatable bonds is 3. The van der Waals surface area contributed by atoms with Gasteiger partial charge in [0.1, 0.15) is 11.9 Å². The van der Waals surface area contributed by atoms with Crippen molar-refractivity contribution < 1.29 is 13.9 Å². The van der Waals surface area contributed by atoms with E-state index in [1.165, 1.54) is 12.1 Å². The molecule has 1 aromatic rings. The first-order valence-corrected chi connectivity index (χ1v) is 8.69. The largest absolute Gasteiger partial charge is 0.370 e. The molecular weight excluding hydrogens is 309 g/mol. The van der Waals surface area contributed by atoms with E-state index in [9.17, 15) is 9.18 Å². The Morgan fingerprint density at radius 3 is 2.88 bits per heavy atom. The summed E-state index contributed by atoms with van der Waals surface area (Å²) in [4.78, 5) is 16.7. The summed E-state index contributed by atoms with van der Waals surface area (Å²) in [6, 6.07) is 7.07. The number of urea groups is 1. The average molecular weight is 335 g/mol. The molecule has 2 aliphatic heterocycles. The number of amides is 2. The molecule has 0 aromatic heterocycles. The van der Waals surface area contributed by atoms with Crippen LogP contribution >= 0.6 is 0 Å². The zero-order valence-electron chi connectivity index (χ0n) is 14.4.